The Bertz CT molecular complexity index is 463. The van der Waals surface area contributed by atoms with E-state index in [4.69, 9.17) is 21.9 Å². The maximum atomic E-state index is 12.2. The van der Waals surface area contributed by atoms with Crippen molar-refractivity contribution in [1.29, 1.82) is 0 Å². The van der Waals surface area contributed by atoms with Crippen LogP contribution in [0.25, 0.3) is 4.95 Å². The van der Waals surface area contributed by atoms with Crippen molar-refractivity contribution in [2.75, 3.05) is 31.3 Å². The summed E-state index contributed by atoms with van der Waals surface area (Å²) in [5, 5.41) is 27.6. The van der Waals surface area contributed by atoms with Crippen LogP contribution in [0.3, 0.4) is 0 Å². The fraction of sp³-hybridized carbons (Fsp3) is 0.385. The number of rotatable bonds is 6. The van der Waals surface area contributed by atoms with Crippen LogP contribution < -0.4 is 5.01 Å². The number of hydrogen-bond donors (Lipinski definition) is 3. The zero-order chi connectivity index (χ0) is 15.0. The minimum absolute atomic E-state index is 0.0418. The largest absolute Gasteiger partial charge is 0.395 e. The van der Waals surface area contributed by atoms with Gasteiger partial charge in [0, 0.05) is 18.1 Å². The number of carbonyl (C=O) groups is 1. The monoisotopic (exact) mass is 279 g/mol. The summed E-state index contributed by atoms with van der Waals surface area (Å²) in [4.78, 5) is 16.5. The van der Waals surface area contributed by atoms with Crippen molar-refractivity contribution in [2.45, 2.75) is 6.61 Å². The maximum absolute atomic E-state index is 12.2. The van der Waals surface area contributed by atoms with Gasteiger partial charge in [-0.3, -0.25) is 0 Å². The van der Waals surface area contributed by atoms with Gasteiger partial charge in [0.25, 0.3) is 0 Å². The van der Waals surface area contributed by atoms with Crippen molar-refractivity contribution in [2.24, 2.45) is 0 Å². The van der Waals surface area contributed by atoms with E-state index in [2.05, 4.69) is 4.95 Å². The smallest absolute Gasteiger partial charge is 0.391 e. The molecule has 7 heteroatoms. The molecule has 2 amide bonds. The van der Waals surface area contributed by atoms with Gasteiger partial charge in [-0.15, -0.1) is 4.95 Å². The molecule has 7 nitrogen and oxygen atoms in total. The molecule has 0 aliphatic heterocycles. The first-order valence-corrected chi connectivity index (χ1v) is 6.05. The first-order valence-electron chi connectivity index (χ1n) is 6.05. The summed E-state index contributed by atoms with van der Waals surface area (Å²) in [5.74, 6) is 0. The van der Waals surface area contributed by atoms with E-state index < -0.39 is 6.03 Å². The molecule has 0 saturated heterocycles. The van der Waals surface area contributed by atoms with E-state index in [9.17, 15) is 4.79 Å². The molecule has 0 bridgehead atoms. The number of benzene rings is 1. The Labute approximate surface area is 117 Å². The van der Waals surface area contributed by atoms with Crippen molar-refractivity contribution < 1.29 is 20.1 Å². The number of aliphatic hydroxyl groups is 3. The summed E-state index contributed by atoms with van der Waals surface area (Å²) >= 11 is 0. The average Bonchev–Trinajstić information content (AvgIpc) is 2.48. The zero-order valence-electron chi connectivity index (χ0n) is 10.9. The number of nitrogens with zero attached hydrogens (tertiary/aromatic N) is 3. The molecule has 1 rings (SSSR count). The topological polar surface area (TPSA) is 88.6 Å². The second-order valence-corrected chi connectivity index (χ2v) is 3.95. The van der Waals surface area contributed by atoms with Crippen molar-refractivity contribution in [3.63, 3.8) is 0 Å². The molecule has 0 saturated carbocycles. The van der Waals surface area contributed by atoms with E-state index in [1.807, 2.05) is 0 Å². The van der Waals surface area contributed by atoms with E-state index in [0.717, 1.165) is 5.01 Å². The molecule has 0 heterocycles. The summed E-state index contributed by atoms with van der Waals surface area (Å²) in [5.41, 5.74) is 1.04. The Balaban J connectivity index is 2.92. The summed E-state index contributed by atoms with van der Waals surface area (Å²) in [6, 6.07) is 5.72. The van der Waals surface area contributed by atoms with Gasteiger partial charge in [0.2, 0.25) is 0 Å². The summed E-state index contributed by atoms with van der Waals surface area (Å²) in [6.45, 7) is 6.58. The fourth-order valence-corrected chi connectivity index (χ4v) is 1.63. The van der Waals surface area contributed by atoms with Crippen LogP contribution in [0.2, 0.25) is 0 Å². The Morgan fingerprint density at radius 1 is 1.10 bits per heavy atom. The van der Waals surface area contributed by atoms with Crippen LogP contribution in [0.15, 0.2) is 24.3 Å². The van der Waals surface area contributed by atoms with Crippen LogP contribution in [-0.2, 0) is 6.61 Å². The zero-order valence-corrected chi connectivity index (χ0v) is 10.9. The number of aliphatic hydroxyl groups excluding tert-OH is 3. The first kappa shape index (κ1) is 15.9. The highest BCUT2D eigenvalue weighted by atomic mass is 16.3. The third-order valence-corrected chi connectivity index (χ3v) is 2.66. The highest BCUT2D eigenvalue weighted by molar-refractivity contribution is 5.93. The molecule has 1 aromatic rings. The molecule has 0 fully saturated rings. The van der Waals surface area contributed by atoms with Gasteiger partial charge in [0.15, 0.2) is 0 Å². The molecule has 0 aromatic heterocycles. The van der Waals surface area contributed by atoms with Crippen molar-refractivity contribution >= 4 is 11.7 Å². The van der Waals surface area contributed by atoms with Crippen molar-refractivity contribution in [3.8, 4) is 0 Å². The number of urea groups is 1. The highest BCUT2D eigenvalue weighted by Crippen LogP contribution is 2.17. The van der Waals surface area contributed by atoms with Gasteiger partial charge in [-0.05, 0) is 17.7 Å². The molecule has 0 atom stereocenters. The Kier molecular flexibility index (Phi) is 6.46. The number of anilines is 1. The van der Waals surface area contributed by atoms with Gasteiger partial charge >= 0.3 is 6.03 Å². The lowest BCUT2D eigenvalue weighted by atomic mass is 10.2. The van der Waals surface area contributed by atoms with Gasteiger partial charge in [-0.25, -0.2) is 4.79 Å². The van der Waals surface area contributed by atoms with Crippen LogP contribution in [0.5, 0.6) is 0 Å². The number of amides is 2. The van der Waals surface area contributed by atoms with E-state index in [1.165, 1.54) is 4.90 Å². The van der Waals surface area contributed by atoms with Gasteiger partial charge in [0.1, 0.15) is 5.69 Å². The lowest BCUT2D eigenvalue weighted by Gasteiger charge is -2.21. The van der Waals surface area contributed by atoms with E-state index >= 15 is 0 Å². The maximum Gasteiger partial charge on any atom is 0.391 e. The fourth-order valence-electron chi connectivity index (χ4n) is 1.63. The normalized spacial score (nSPS) is 9.90. The third kappa shape index (κ3) is 3.93. The van der Waals surface area contributed by atoms with Gasteiger partial charge < -0.3 is 20.2 Å². The SMILES string of the molecule is [C-]#[N+]N(C(=O)N(CCO)CCO)c1ccc(CO)cc1. The van der Waals surface area contributed by atoms with Gasteiger partial charge in [-0.2, -0.15) is 6.57 Å². The minimum atomic E-state index is -0.611. The second kappa shape index (κ2) is 8.12. The summed E-state index contributed by atoms with van der Waals surface area (Å²) in [7, 11) is 0. The van der Waals surface area contributed by atoms with Gasteiger partial charge in [-0.1, -0.05) is 12.1 Å². The Hall–Kier alpha value is -2.14. The molecule has 1 aromatic carbocycles. The molecular weight excluding hydrogens is 262 g/mol. The molecule has 0 aliphatic rings. The molecular formula is C13H17N3O4. The van der Waals surface area contributed by atoms with Crippen LogP contribution in [0.1, 0.15) is 5.56 Å². The molecule has 0 spiro atoms. The number of hydrogen-bond acceptors (Lipinski definition) is 4. The van der Waals surface area contributed by atoms with E-state index in [-0.39, 0.29) is 32.9 Å². The Morgan fingerprint density at radius 2 is 1.65 bits per heavy atom. The number of carbonyl (C=O) groups excluding carboxylic acids is 1. The predicted octanol–water partition coefficient (Wildman–Crippen LogP) is 0.226. The second-order valence-electron chi connectivity index (χ2n) is 3.95. The van der Waals surface area contributed by atoms with Crippen molar-refractivity contribution in [1.82, 2.24) is 4.90 Å². The lowest BCUT2D eigenvalue weighted by molar-refractivity contribution is 0.164. The van der Waals surface area contributed by atoms with Gasteiger partial charge in [0.05, 0.1) is 19.8 Å². The van der Waals surface area contributed by atoms with Crippen LogP contribution in [0, 0.1) is 6.57 Å². The molecule has 108 valence electrons. The van der Waals surface area contributed by atoms with Crippen LogP contribution in [-0.4, -0.2) is 52.6 Å². The van der Waals surface area contributed by atoms with Crippen LogP contribution >= 0.6 is 0 Å². The molecule has 0 unspecified atom stereocenters. The van der Waals surface area contributed by atoms with E-state index in [1.54, 1.807) is 24.3 Å². The van der Waals surface area contributed by atoms with Crippen molar-refractivity contribution in [3.05, 3.63) is 41.4 Å². The van der Waals surface area contributed by atoms with E-state index in [0.29, 0.717) is 11.3 Å². The third-order valence-electron chi connectivity index (χ3n) is 2.66. The molecule has 0 radical (unpaired) electrons. The summed E-state index contributed by atoms with van der Waals surface area (Å²) in [6.07, 6.45) is 0. The molecule has 0 aliphatic carbocycles. The Morgan fingerprint density at radius 3 is 2.05 bits per heavy atom. The lowest BCUT2D eigenvalue weighted by Crippen LogP contribution is -2.43. The quantitative estimate of drug-likeness (QED) is 0.513. The standard InChI is InChI=1S/C13H17N3O4/c1-14-16(12-4-2-11(10-19)3-5-12)13(20)15(6-8-17)7-9-18/h2-5,17-19H,6-10H2. The minimum Gasteiger partial charge on any atom is -0.395 e. The average molecular weight is 279 g/mol. The highest BCUT2D eigenvalue weighted by Gasteiger charge is 2.26. The summed E-state index contributed by atoms with van der Waals surface area (Å²) < 4.78 is 0. The first-order chi connectivity index (χ1) is 9.67. The van der Waals surface area contributed by atoms with Crippen LogP contribution in [0.4, 0.5) is 10.5 Å². The molecule has 3 N–H and O–H groups in total. The molecule has 20 heavy (non-hydrogen) atoms. The predicted molar refractivity (Wildman–Crippen MR) is 72.6 cm³/mol.